The molecule has 1 saturated heterocycles. The summed E-state index contributed by atoms with van der Waals surface area (Å²) in [6, 6.07) is 7.42. The number of carbonyl (C=O) groups is 1. The largest absolute Gasteiger partial charge is 0.409 e. The summed E-state index contributed by atoms with van der Waals surface area (Å²) in [5.41, 5.74) is 6.79. The number of benzene rings is 1. The smallest absolute Gasteiger partial charge is 0.254 e. The lowest BCUT2D eigenvalue weighted by Gasteiger charge is -2.38. The summed E-state index contributed by atoms with van der Waals surface area (Å²) < 4.78 is 0. The lowest BCUT2D eigenvalue weighted by atomic mass is 9.91. The minimum absolute atomic E-state index is 0.0297. The number of carbonyl (C=O) groups excluding carboxylic acids is 1. The number of amidine groups is 1. The zero-order valence-corrected chi connectivity index (χ0v) is 12.0. The van der Waals surface area contributed by atoms with E-state index in [0.717, 1.165) is 19.4 Å². The van der Waals surface area contributed by atoms with Crippen molar-refractivity contribution in [1.29, 1.82) is 0 Å². The fourth-order valence-electron chi connectivity index (χ4n) is 3.74. The van der Waals surface area contributed by atoms with Crippen molar-refractivity contribution in [2.24, 2.45) is 16.8 Å². The molecule has 1 heterocycles. The fourth-order valence-corrected chi connectivity index (χ4v) is 3.74. The van der Waals surface area contributed by atoms with E-state index in [9.17, 15) is 4.79 Å². The Balaban J connectivity index is 1.84. The Morgan fingerprint density at radius 3 is 2.81 bits per heavy atom. The molecule has 3 N–H and O–H groups in total. The Morgan fingerprint density at radius 1 is 1.24 bits per heavy atom. The molecule has 5 nitrogen and oxygen atoms in total. The van der Waals surface area contributed by atoms with Gasteiger partial charge in [0.05, 0.1) is 0 Å². The second-order valence-electron chi connectivity index (χ2n) is 5.97. The van der Waals surface area contributed by atoms with E-state index in [-0.39, 0.29) is 11.7 Å². The highest BCUT2D eigenvalue weighted by atomic mass is 16.4. The molecule has 2 atom stereocenters. The molecule has 2 aliphatic rings. The fraction of sp³-hybridized carbons (Fsp3) is 0.500. The molecule has 0 spiro atoms. The van der Waals surface area contributed by atoms with Crippen molar-refractivity contribution in [2.45, 2.75) is 38.1 Å². The third kappa shape index (κ3) is 2.60. The zero-order valence-electron chi connectivity index (χ0n) is 12.0. The standard InChI is InChI=1S/C16H21N3O2/c17-15(18-21)12-5-1-6-13(10-12)16(20)19-9-3-7-11-4-2-8-14(11)19/h1,5-6,10-11,14,21H,2-4,7-9H2,(H2,17,18). The van der Waals surface area contributed by atoms with Gasteiger partial charge in [0.15, 0.2) is 5.84 Å². The van der Waals surface area contributed by atoms with Gasteiger partial charge >= 0.3 is 0 Å². The lowest BCUT2D eigenvalue weighted by molar-refractivity contribution is 0.0548. The molecular weight excluding hydrogens is 266 g/mol. The number of oxime groups is 1. The average Bonchev–Trinajstić information content (AvgIpc) is 3.02. The summed E-state index contributed by atoms with van der Waals surface area (Å²) >= 11 is 0. The van der Waals surface area contributed by atoms with E-state index in [4.69, 9.17) is 10.9 Å². The van der Waals surface area contributed by atoms with Gasteiger partial charge < -0.3 is 15.8 Å². The third-order valence-electron chi connectivity index (χ3n) is 4.77. The van der Waals surface area contributed by atoms with Crippen LogP contribution in [0.1, 0.15) is 48.0 Å². The maximum atomic E-state index is 12.8. The van der Waals surface area contributed by atoms with E-state index in [0.29, 0.717) is 23.1 Å². The minimum atomic E-state index is 0.0297. The lowest BCUT2D eigenvalue weighted by Crippen LogP contribution is -2.46. The summed E-state index contributed by atoms with van der Waals surface area (Å²) in [7, 11) is 0. The maximum absolute atomic E-state index is 12.8. The Bertz CT molecular complexity index is 570. The molecule has 2 fully saturated rings. The molecule has 112 valence electrons. The van der Waals surface area contributed by atoms with Crippen LogP contribution in [-0.2, 0) is 0 Å². The number of likely N-dealkylation sites (tertiary alicyclic amines) is 1. The van der Waals surface area contributed by atoms with Gasteiger partial charge in [0.2, 0.25) is 0 Å². The first-order valence-corrected chi connectivity index (χ1v) is 7.59. The number of amides is 1. The molecule has 1 saturated carbocycles. The number of hydrogen-bond donors (Lipinski definition) is 2. The normalized spacial score (nSPS) is 25.7. The van der Waals surface area contributed by atoms with Crippen molar-refractivity contribution < 1.29 is 10.0 Å². The van der Waals surface area contributed by atoms with Gasteiger partial charge in [-0.25, -0.2) is 0 Å². The van der Waals surface area contributed by atoms with Gasteiger partial charge in [0.1, 0.15) is 0 Å². The van der Waals surface area contributed by atoms with Gasteiger partial charge in [0, 0.05) is 23.7 Å². The van der Waals surface area contributed by atoms with Gasteiger partial charge in [-0.05, 0) is 43.7 Å². The van der Waals surface area contributed by atoms with Crippen LogP contribution in [0.2, 0.25) is 0 Å². The van der Waals surface area contributed by atoms with Gasteiger partial charge in [-0.15, -0.1) is 0 Å². The molecule has 5 heteroatoms. The first kappa shape index (κ1) is 13.9. The second-order valence-corrected chi connectivity index (χ2v) is 5.97. The summed E-state index contributed by atoms with van der Waals surface area (Å²) in [4.78, 5) is 14.8. The van der Waals surface area contributed by atoms with Crippen molar-refractivity contribution in [2.75, 3.05) is 6.54 Å². The van der Waals surface area contributed by atoms with Gasteiger partial charge in [-0.1, -0.05) is 23.7 Å². The van der Waals surface area contributed by atoms with Crippen molar-refractivity contribution in [3.05, 3.63) is 35.4 Å². The molecule has 21 heavy (non-hydrogen) atoms. The van der Waals surface area contributed by atoms with E-state index in [1.54, 1.807) is 24.3 Å². The highest BCUT2D eigenvalue weighted by Gasteiger charge is 2.37. The van der Waals surface area contributed by atoms with Crippen LogP contribution >= 0.6 is 0 Å². The van der Waals surface area contributed by atoms with Crippen molar-refractivity contribution in [3.8, 4) is 0 Å². The van der Waals surface area contributed by atoms with Crippen LogP contribution in [-0.4, -0.2) is 34.4 Å². The highest BCUT2D eigenvalue weighted by Crippen LogP contribution is 2.37. The molecule has 0 bridgehead atoms. The van der Waals surface area contributed by atoms with Crippen molar-refractivity contribution in [3.63, 3.8) is 0 Å². The number of nitrogens with two attached hydrogens (primary N) is 1. The van der Waals surface area contributed by atoms with Crippen LogP contribution in [0.25, 0.3) is 0 Å². The summed E-state index contributed by atoms with van der Waals surface area (Å²) in [6.45, 7) is 0.841. The van der Waals surface area contributed by atoms with Gasteiger partial charge in [0.25, 0.3) is 5.91 Å². The Hall–Kier alpha value is -2.04. The van der Waals surface area contributed by atoms with Gasteiger partial charge in [-0.2, -0.15) is 0 Å². The number of fused-ring (bicyclic) bond motifs is 1. The van der Waals surface area contributed by atoms with E-state index >= 15 is 0 Å². The van der Waals surface area contributed by atoms with Crippen LogP contribution in [0, 0.1) is 5.92 Å². The van der Waals surface area contributed by atoms with Crippen LogP contribution in [0.5, 0.6) is 0 Å². The predicted octanol–water partition coefficient (Wildman–Crippen LogP) is 2.19. The number of piperidine rings is 1. The van der Waals surface area contributed by atoms with E-state index in [1.807, 2.05) is 4.90 Å². The van der Waals surface area contributed by atoms with E-state index in [2.05, 4.69) is 5.16 Å². The third-order valence-corrected chi connectivity index (χ3v) is 4.77. The molecule has 3 rings (SSSR count). The topological polar surface area (TPSA) is 78.9 Å². The molecule has 2 unspecified atom stereocenters. The molecule has 1 aromatic carbocycles. The zero-order chi connectivity index (χ0) is 14.8. The monoisotopic (exact) mass is 287 g/mol. The predicted molar refractivity (Wildman–Crippen MR) is 80.4 cm³/mol. The van der Waals surface area contributed by atoms with Crippen molar-refractivity contribution >= 4 is 11.7 Å². The first-order valence-electron chi connectivity index (χ1n) is 7.59. The molecule has 0 radical (unpaired) electrons. The molecule has 0 aromatic heterocycles. The summed E-state index contributed by atoms with van der Waals surface area (Å²) in [6.07, 6.45) is 5.93. The van der Waals surface area contributed by atoms with E-state index < -0.39 is 0 Å². The highest BCUT2D eigenvalue weighted by molar-refractivity contribution is 6.01. The molecule has 1 aromatic rings. The van der Waals surface area contributed by atoms with Crippen LogP contribution < -0.4 is 5.73 Å². The number of nitrogens with zero attached hydrogens (tertiary/aromatic N) is 2. The van der Waals surface area contributed by atoms with Crippen LogP contribution in [0.3, 0.4) is 0 Å². The Morgan fingerprint density at radius 2 is 2.00 bits per heavy atom. The quantitative estimate of drug-likeness (QED) is 0.379. The Kier molecular flexibility index (Phi) is 3.82. The van der Waals surface area contributed by atoms with Gasteiger partial charge in [-0.3, -0.25) is 4.79 Å². The summed E-state index contributed by atoms with van der Waals surface area (Å²) in [5, 5.41) is 11.8. The molecule has 1 aliphatic heterocycles. The summed E-state index contributed by atoms with van der Waals surface area (Å²) in [5.74, 6) is 0.774. The van der Waals surface area contributed by atoms with Crippen LogP contribution in [0.15, 0.2) is 29.4 Å². The average molecular weight is 287 g/mol. The SMILES string of the molecule is NC(=NO)c1cccc(C(=O)N2CCCC3CCCC32)c1. The van der Waals surface area contributed by atoms with Crippen LogP contribution in [0.4, 0.5) is 0 Å². The maximum Gasteiger partial charge on any atom is 0.254 e. The number of hydrogen-bond acceptors (Lipinski definition) is 3. The van der Waals surface area contributed by atoms with E-state index in [1.165, 1.54) is 19.3 Å². The van der Waals surface area contributed by atoms with Crippen molar-refractivity contribution in [1.82, 2.24) is 4.90 Å². The first-order chi connectivity index (χ1) is 10.2. The Labute approximate surface area is 124 Å². The number of rotatable bonds is 2. The second kappa shape index (κ2) is 5.76. The molecule has 1 aliphatic carbocycles. The molecule has 1 amide bonds. The molecular formula is C16H21N3O2. The minimum Gasteiger partial charge on any atom is -0.409 e.